The number of piperazine rings is 1. The van der Waals surface area contributed by atoms with Crippen LogP contribution in [0.15, 0.2) is 11.6 Å². The fourth-order valence-corrected chi connectivity index (χ4v) is 3.20. The topological polar surface area (TPSA) is 49.4 Å². The van der Waals surface area contributed by atoms with E-state index in [-0.39, 0.29) is 17.9 Å². The van der Waals surface area contributed by atoms with Crippen molar-refractivity contribution in [1.29, 1.82) is 0 Å². The second kappa shape index (κ2) is 4.51. The van der Waals surface area contributed by atoms with Crippen molar-refractivity contribution in [3.63, 3.8) is 0 Å². The second-order valence-corrected chi connectivity index (χ2v) is 6.32. The molecule has 2 amide bonds. The van der Waals surface area contributed by atoms with Crippen LogP contribution in [0.2, 0.25) is 0 Å². The Labute approximate surface area is 118 Å². The van der Waals surface area contributed by atoms with E-state index in [4.69, 9.17) is 11.6 Å². The lowest BCUT2D eigenvalue weighted by molar-refractivity contribution is -0.155. The molecular weight excluding hydrogens is 264 g/mol. The molecule has 5 heteroatoms. The van der Waals surface area contributed by atoms with Gasteiger partial charge in [-0.05, 0) is 44.4 Å². The summed E-state index contributed by atoms with van der Waals surface area (Å²) < 4.78 is 0. The third kappa shape index (κ3) is 2.16. The lowest BCUT2D eigenvalue weighted by Gasteiger charge is -2.44. The van der Waals surface area contributed by atoms with Gasteiger partial charge in [0.2, 0.25) is 11.8 Å². The number of nitrogens with zero attached hydrogens (tertiary/aromatic N) is 1. The van der Waals surface area contributed by atoms with Crippen LogP contribution in [0.4, 0.5) is 0 Å². The molecule has 2 atom stereocenters. The van der Waals surface area contributed by atoms with E-state index >= 15 is 0 Å². The first kappa shape index (κ1) is 13.0. The number of nitrogens with one attached hydrogen (secondary N) is 1. The van der Waals surface area contributed by atoms with E-state index in [1.807, 2.05) is 6.92 Å². The number of hydrogen-bond donors (Lipinski definition) is 1. The molecule has 1 N–H and O–H groups in total. The highest BCUT2D eigenvalue weighted by molar-refractivity contribution is 6.25. The molecule has 1 saturated heterocycles. The van der Waals surface area contributed by atoms with Gasteiger partial charge in [0.05, 0.1) is 0 Å². The Kier molecular flexibility index (Phi) is 3.08. The Hall–Kier alpha value is -1.03. The van der Waals surface area contributed by atoms with Crippen LogP contribution in [-0.4, -0.2) is 34.8 Å². The van der Waals surface area contributed by atoms with Crippen LogP contribution in [0.1, 0.15) is 32.6 Å². The van der Waals surface area contributed by atoms with Crippen LogP contribution in [0.5, 0.6) is 0 Å². The zero-order valence-corrected chi connectivity index (χ0v) is 11.8. The molecule has 3 rings (SSSR count). The number of hydrogen-bond acceptors (Lipinski definition) is 2. The maximum atomic E-state index is 12.8. The van der Waals surface area contributed by atoms with Crippen LogP contribution in [0.3, 0.4) is 0 Å². The van der Waals surface area contributed by atoms with Gasteiger partial charge in [-0.3, -0.25) is 9.59 Å². The summed E-state index contributed by atoms with van der Waals surface area (Å²) in [6, 6.07) is -0.299. The predicted octanol–water partition coefficient (Wildman–Crippen LogP) is 1.64. The highest BCUT2D eigenvalue weighted by Gasteiger charge is 2.57. The highest BCUT2D eigenvalue weighted by Crippen LogP contribution is 2.45. The van der Waals surface area contributed by atoms with Crippen molar-refractivity contribution < 1.29 is 9.59 Å². The summed E-state index contributed by atoms with van der Waals surface area (Å²) in [7, 11) is 0. The van der Waals surface area contributed by atoms with Crippen molar-refractivity contribution in [2.24, 2.45) is 11.8 Å². The maximum Gasteiger partial charge on any atom is 0.249 e. The van der Waals surface area contributed by atoms with E-state index in [0.717, 1.165) is 25.7 Å². The van der Waals surface area contributed by atoms with E-state index < -0.39 is 5.54 Å². The average molecular weight is 283 g/mol. The van der Waals surface area contributed by atoms with E-state index in [1.54, 1.807) is 11.0 Å². The van der Waals surface area contributed by atoms with Gasteiger partial charge >= 0.3 is 0 Å². The summed E-state index contributed by atoms with van der Waals surface area (Å²) in [5, 5.41) is 3.00. The lowest BCUT2D eigenvalue weighted by Crippen LogP contribution is -2.70. The monoisotopic (exact) mass is 282 g/mol. The number of rotatable bonds is 4. The molecule has 19 heavy (non-hydrogen) atoms. The van der Waals surface area contributed by atoms with Gasteiger partial charge in [0.25, 0.3) is 0 Å². The van der Waals surface area contributed by atoms with Crippen LogP contribution in [-0.2, 0) is 9.59 Å². The van der Waals surface area contributed by atoms with Crippen molar-refractivity contribution in [2.75, 3.05) is 6.54 Å². The largest absolute Gasteiger partial charge is 0.340 e. The fourth-order valence-electron chi connectivity index (χ4n) is 3.12. The summed E-state index contributed by atoms with van der Waals surface area (Å²) in [6.45, 7) is 2.30. The molecule has 0 bridgehead atoms. The number of carbonyl (C=O) groups is 2. The smallest absolute Gasteiger partial charge is 0.249 e. The molecule has 0 spiro atoms. The van der Waals surface area contributed by atoms with Gasteiger partial charge in [-0.1, -0.05) is 17.7 Å². The molecular formula is C14H19ClN2O2. The minimum Gasteiger partial charge on any atom is -0.340 e. The average Bonchev–Trinajstić information content (AvgIpc) is 3.23. The molecule has 4 nitrogen and oxygen atoms in total. The quantitative estimate of drug-likeness (QED) is 0.852. The summed E-state index contributed by atoms with van der Waals surface area (Å²) in [6.07, 6.45) is 5.85. The Morgan fingerprint density at radius 3 is 2.58 bits per heavy atom. The summed E-state index contributed by atoms with van der Waals surface area (Å²) in [5.74, 6) is 0.698. The fraction of sp³-hybridized carbons (Fsp3) is 0.714. The van der Waals surface area contributed by atoms with Gasteiger partial charge in [-0.2, -0.15) is 0 Å². The van der Waals surface area contributed by atoms with Crippen LogP contribution in [0, 0.1) is 11.8 Å². The molecule has 1 aliphatic heterocycles. The number of carbonyl (C=O) groups excluding carboxylic acids is 2. The van der Waals surface area contributed by atoms with Gasteiger partial charge in [0.15, 0.2) is 0 Å². The highest BCUT2D eigenvalue weighted by atomic mass is 35.5. The normalized spacial score (nSPS) is 35.9. The van der Waals surface area contributed by atoms with Gasteiger partial charge in [0.1, 0.15) is 11.6 Å². The first-order valence-electron chi connectivity index (χ1n) is 6.96. The minimum absolute atomic E-state index is 0.0134. The van der Waals surface area contributed by atoms with E-state index in [0.29, 0.717) is 18.4 Å². The van der Waals surface area contributed by atoms with Crippen molar-refractivity contribution in [2.45, 2.75) is 44.2 Å². The van der Waals surface area contributed by atoms with Crippen LogP contribution >= 0.6 is 11.6 Å². The zero-order chi connectivity index (χ0) is 13.6. The van der Waals surface area contributed by atoms with Crippen LogP contribution in [0.25, 0.3) is 0 Å². The van der Waals surface area contributed by atoms with Gasteiger partial charge in [-0.15, -0.1) is 0 Å². The van der Waals surface area contributed by atoms with Crippen molar-refractivity contribution in [3.8, 4) is 0 Å². The molecule has 3 fully saturated rings. The Morgan fingerprint density at radius 1 is 1.37 bits per heavy atom. The first-order chi connectivity index (χ1) is 9.08. The van der Waals surface area contributed by atoms with Gasteiger partial charge < -0.3 is 10.2 Å². The Morgan fingerprint density at radius 2 is 2.05 bits per heavy atom. The van der Waals surface area contributed by atoms with Crippen LogP contribution < -0.4 is 5.32 Å². The molecule has 0 radical (unpaired) electrons. The molecule has 0 aromatic heterocycles. The van der Waals surface area contributed by atoms with E-state index in [9.17, 15) is 9.59 Å². The minimum atomic E-state index is -0.706. The SMILES string of the molecule is CC1(C2CC2)NC(=O)C(C2CC2)N(C/C=C/Cl)C1=O. The van der Waals surface area contributed by atoms with E-state index in [2.05, 4.69) is 5.32 Å². The van der Waals surface area contributed by atoms with Crippen molar-refractivity contribution in [1.82, 2.24) is 10.2 Å². The molecule has 0 aromatic rings. The maximum absolute atomic E-state index is 12.8. The summed E-state index contributed by atoms with van der Waals surface area (Å²) >= 11 is 5.57. The van der Waals surface area contributed by atoms with Gasteiger partial charge in [-0.25, -0.2) is 0 Å². The third-order valence-corrected chi connectivity index (χ3v) is 4.72. The lowest BCUT2D eigenvalue weighted by atomic mass is 9.88. The Bertz CT molecular complexity index is 443. The molecule has 104 valence electrons. The Balaban J connectivity index is 1.88. The van der Waals surface area contributed by atoms with E-state index in [1.165, 1.54) is 5.54 Å². The molecule has 1 heterocycles. The first-order valence-corrected chi connectivity index (χ1v) is 7.40. The zero-order valence-electron chi connectivity index (χ0n) is 11.1. The molecule has 0 aromatic carbocycles. The number of halogens is 1. The van der Waals surface area contributed by atoms with Crippen molar-refractivity contribution in [3.05, 3.63) is 11.6 Å². The predicted molar refractivity (Wildman–Crippen MR) is 72.5 cm³/mol. The molecule has 2 aliphatic carbocycles. The molecule has 3 aliphatic rings. The summed E-state index contributed by atoms with van der Waals surface area (Å²) in [4.78, 5) is 26.9. The third-order valence-electron chi connectivity index (χ3n) is 4.55. The van der Waals surface area contributed by atoms with Crippen molar-refractivity contribution >= 4 is 23.4 Å². The molecule has 2 saturated carbocycles. The molecule has 2 unspecified atom stereocenters. The standard InChI is InChI=1S/C14H19ClN2O2/c1-14(10-5-6-10)13(19)17(8-2-7-15)11(9-3-4-9)12(18)16-14/h2,7,9-11H,3-6,8H2,1H3,(H,16,18)/b7-2+. The van der Waals surface area contributed by atoms with Gasteiger partial charge in [0, 0.05) is 12.1 Å². The number of amides is 2. The second-order valence-electron chi connectivity index (χ2n) is 6.07. The summed E-state index contributed by atoms with van der Waals surface area (Å²) in [5.41, 5.74) is 0.709.